The van der Waals surface area contributed by atoms with Gasteiger partial charge < -0.3 is 19.9 Å². The zero-order valence-corrected chi connectivity index (χ0v) is 19.4. The standard InChI is InChI=1S/C25H36F3N3O2/c1-33-15-12-24(32)29-21-6-2-18(3-7-21)10-13-30-16-19-11-14-31(23(19)17-30)22-8-4-20(5-9-22)25(26,27)28/h4-5,8-9,18-19,21,23H,2-3,6-7,10-17H2,1H3,(H,29,32)/t18-,19-,21-,23+/m1/s1. The van der Waals surface area contributed by atoms with Crippen LogP contribution in [0.5, 0.6) is 0 Å². The Bertz CT molecular complexity index is 778. The van der Waals surface area contributed by atoms with Crippen molar-refractivity contribution in [3.8, 4) is 0 Å². The van der Waals surface area contributed by atoms with Gasteiger partial charge in [0.15, 0.2) is 0 Å². The van der Waals surface area contributed by atoms with E-state index in [0.717, 1.165) is 64.0 Å². The lowest BCUT2D eigenvalue weighted by Gasteiger charge is -2.31. The maximum Gasteiger partial charge on any atom is 0.416 e. The Morgan fingerprint density at radius 2 is 1.82 bits per heavy atom. The summed E-state index contributed by atoms with van der Waals surface area (Å²) in [5, 5.41) is 3.13. The van der Waals surface area contributed by atoms with Crippen molar-refractivity contribution in [2.24, 2.45) is 11.8 Å². The van der Waals surface area contributed by atoms with Crippen molar-refractivity contribution in [2.45, 2.75) is 63.2 Å². The second kappa shape index (κ2) is 10.6. The number of hydrogen-bond acceptors (Lipinski definition) is 4. The highest BCUT2D eigenvalue weighted by Gasteiger charge is 2.41. The first kappa shape index (κ1) is 24.3. The van der Waals surface area contributed by atoms with Crippen LogP contribution in [0, 0.1) is 11.8 Å². The van der Waals surface area contributed by atoms with Gasteiger partial charge in [-0.2, -0.15) is 13.2 Å². The largest absolute Gasteiger partial charge is 0.416 e. The molecule has 5 nitrogen and oxygen atoms in total. The van der Waals surface area contributed by atoms with Gasteiger partial charge in [-0.15, -0.1) is 0 Å². The average molecular weight is 468 g/mol. The molecule has 1 saturated carbocycles. The van der Waals surface area contributed by atoms with Crippen molar-refractivity contribution in [1.82, 2.24) is 10.2 Å². The summed E-state index contributed by atoms with van der Waals surface area (Å²) in [5.41, 5.74) is 0.322. The second-order valence-corrected chi connectivity index (χ2v) is 9.93. The number of rotatable bonds is 8. The number of methoxy groups -OCH3 is 1. The molecule has 1 aliphatic carbocycles. The van der Waals surface area contributed by atoms with E-state index in [9.17, 15) is 18.0 Å². The zero-order valence-electron chi connectivity index (χ0n) is 19.4. The fourth-order valence-electron chi connectivity index (χ4n) is 5.85. The van der Waals surface area contributed by atoms with Crippen molar-refractivity contribution in [2.75, 3.05) is 44.8 Å². The highest BCUT2D eigenvalue weighted by molar-refractivity contribution is 5.76. The first-order valence-corrected chi connectivity index (χ1v) is 12.3. The lowest BCUT2D eigenvalue weighted by molar-refractivity contribution is -0.137. The molecule has 1 aromatic rings. The molecule has 1 aromatic carbocycles. The lowest BCUT2D eigenvalue weighted by Crippen LogP contribution is -2.38. The molecule has 0 unspecified atom stereocenters. The molecule has 2 atom stereocenters. The molecule has 1 amide bonds. The molecular formula is C25H36F3N3O2. The topological polar surface area (TPSA) is 44.8 Å². The van der Waals surface area contributed by atoms with Crippen molar-refractivity contribution in [1.29, 1.82) is 0 Å². The predicted octanol–water partition coefficient (Wildman–Crippen LogP) is 4.32. The zero-order chi connectivity index (χ0) is 23.4. The van der Waals surface area contributed by atoms with Crippen molar-refractivity contribution < 1.29 is 22.7 Å². The first-order chi connectivity index (χ1) is 15.8. The third kappa shape index (κ3) is 6.21. The summed E-state index contributed by atoms with van der Waals surface area (Å²) in [7, 11) is 1.61. The molecule has 8 heteroatoms. The quantitative estimate of drug-likeness (QED) is 0.619. The summed E-state index contributed by atoms with van der Waals surface area (Å²) < 4.78 is 43.6. The molecule has 2 saturated heterocycles. The predicted molar refractivity (Wildman–Crippen MR) is 122 cm³/mol. The number of fused-ring (bicyclic) bond motifs is 1. The van der Waals surface area contributed by atoms with Crippen LogP contribution in [-0.4, -0.2) is 62.8 Å². The van der Waals surface area contributed by atoms with Crippen LogP contribution in [0.4, 0.5) is 18.9 Å². The summed E-state index contributed by atoms with van der Waals surface area (Å²) >= 11 is 0. The molecule has 184 valence electrons. The Kier molecular flexibility index (Phi) is 7.84. The summed E-state index contributed by atoms with van der Waals surface area (Å²) in [4.78, 5) is 16.7. The van der Waals surface area contributed by atoms with Gasteiger partial charge >= 0.3 is 6.18 Å². The minimum Gasteiger partial charge on any atom is -0.384 e. The summed E-state index contributed by atoms with van der Waals surface area (Å²) in [5.74, 6) is 1.40. The number of nitrogens with one attached hydrogen (secondary N) is 1. The van der Waals surface area contributed by atoms with Gasteiger partial charge in [0.2, 0.25) is 5.91 Å². The third-order valence-corrected chi connectivity index (χ3v) is 7.75. The van der Waals surface area contributed by atoms with Crippen molar-refractivity contribution in [3.63, 3.8) is 0 Å². The molecule has 0 spiro atoms. The first-order valence-electron chi connectivity index (χ1n) is 12.3. The van der Waals surface area contributed by atoms with E-state index >= 15 is 0 Å². The fraction of sp³-hybridized carbons (Fsp3) is 0.720. The third-order valence-electron chi connectivity index (χ3n) is 7.75. The molecule has 0 aromatic heterocycles. The summed E-state index contributed by atoms with van der Waals surface area (Å²) in [6.07, 6.45) is 2.86. The molecular weight excluding hydrogens is 431 g/mol. The minimum absolute atomic E-state index is 0.0847. The number of alkyl halides is 3. The Hall–Kier alpha value is -1.80. The lowest BCUT2D eigenvalue weighted by atomic mass is 9.84. The van der Waals surface area contributed by atoms with Crippen LogP contribution in [0.3, 0.4) is 0 Å². The Morgan fingerprint density at radius 1 is 1.09 bits per heavy atom. The molecule has 1 N–H and O–H groups in total. The van der Waals surface area contributed by atoms with Gasteiger partial charge in [0.1, 0.15) is 0 Å². The Balaban J connectivity index is 1.20. The molecule has 2 aliphatic heterocycles. The maximum absolute atomic E-state index is 12.9. The summed E-state index contributed by atoms with van der Waals surface area (Å²) in [6.45, 7) is 4.57. The normalized spacial score (nSPS) is 28.2. The van der Waals surface area contributed by atoms with E-state index in [0.29, 0.717) is 36.9 Å². The highest BCUT2D eigenvalue weighted by Crippen LogP contribution is 2.37. The van der Waals surface area contributed by atoms with E-state index in [-0.39, 0.29) is 5.91 Å². The van der Waals surface area contributed by atoms with E-state index in [2.05, 4.69) is 15.1 Å². The number of hydrogen-bond donors (Lipinski definition) is 1. The SMILES string of the molecule is COCCC(=O)N[C@H]1CC[C@H](CCN2C[C@H]3CCN(c4ccc(C(F)(F)F)cc4)[C@H]3C2)CC1. The van der Waals surface area contributed by atoms with Gasteiger partial charge in [-0.05, 0) is 81.2 Å². The van der Waals surface area contributed by atoms with Gasteiger partial charge in [-0.1, -0.05) is 0 Å². The molecule has 3 aliphatic rings. The van der Waals surface area contributed by atoms with Crippen LogP contribution in [0.1, 0.15) is 50.5 Å². The van der Waals surface area contributed by atoms with Crippen LogP contribution < -0.4 is 10.2 Å². The highest BCUT2D eigenvalue weighted by atomic mass is 19.4. The fourth-order valence-corrected chi connectivity index (χ4v) is 5.85. The Morgan fingerprint density at radius 3 is 2.48 bits per heavy atom. The van der Waals surface area contributed by atoms with E-state index in [1.54, 1.807) is 19.2 Å². The van der Waals surface area contributed by atoms with Crippen LogP contribution >= 0.6 is 0 Å². The van der Waals surface area contributed by atoms with E-state index in [1.165, 1.54) is 18.6 Å². The number of ether oxygens (including phenoxy) is 1. The molecule has 0 bridgehead atoms. The summed E-state index contributed by atoms with van der Waals surface area (Å²) in [6, 6.07) is 6.35. The van der Waals surface area contributed by atoms with Gasteiger partial charge in [0, 0.05) is 50.9 Å². The number of likely N-dealkylation sites (tertiary alicyclic amines) is 1. The van der Waals surface area contributed by atoms with E-state index in [1.807, 2.05) is 0 Å². The smallest absolute Gasteiger partial charge is 0.384 e. The van der Waals surface area contributed by atoms with Gasteiger partial charge in [0.05, 0.1) is 12.2 Å². The molecule has 3 fully saturated rings. The number of nitrogens with zero attached hydrogens (tertiary/aromatic N) is 2. The number of benzene rings is 1. The van der Waals surface area contributed by atoms with Crippen LogP contribution in [0.15, 0.2) is 24.3 Å². The number of anilines is 1. The van der Waals surface area contributed by atoms with Crippen molar-refractivity contribution in [3.05, 3.63) is 29.8 Å². The molecule has 0 radical (unpaired) electrons. The number of halogens is 3. The maximum atomic E-state index is 12.9. The molecule has 4 rings (SSSR count). The van der Waals surface area contributed by atoms with E-state index < -0.39 is 11.7 Å². The number of carbonyl (C=O) groups excluding carboxylic acids is 1. The van der Waals surface area contributed by atoms with Crippen LogP contribution in [0.25, 0.3) is 0 Å². The number of amides is 1. The van der Waals surface area contributed by atoms with E-state index in [4.69, 9.17) is 4.74 Å². The number of carbonyl (C=O) groups is 1. The molecule has 2 heterocycles. The van der Waals surface area contributed by atoms with Crippen molar-refractivity contribution >= 4 is 11.6 Å². The van der Waals surface area contributed by atoms with Gasteiger partial charge in [-0.3, -0.25) is 4.79 Å². The van der Waals surface area contributed by atoms with Crippen LogP contribution in [0.2, 0.25) is 0 Å². The molecule has 33 heavy (non-hydrogen) atoms. The van der Waals surface area contributed by atoms with Crippen LogP contribution in [-0.2, 0) is 15.7 Å². The Labute approximate surface area is 194 Å². The monoisotopic (exact) mass is 467 g/mol. The second-order valence-electron chi connectivity index (χ2n) is 9.93. The minimum atomic E-state index is -4.29. The average Bonchev–Trinajstić information content (AvgIpc) is 3.37. The van der Waals surface area contributed by atoms with Gasteiger partial charge in [0.25, 0.3) is 0 Å². The van der Waals surface area contributed by atoms with Gasteiger partial charge in [-0.25, -0.2) is 0 Å².